The Morgan fingerprint density at radius 2 is 1.88 bits per heavy atom. The minimum Gasteiger partial charge on any atom is -0.542 e. The van der Waals surface area contributed by atoms with Crippen LogP contribution in [0.3, 0.4) is 0 Å². The van der Waals surface area contributed by atoms with Crippen molar-refractivity contribution in [2.75, 3.05) is 0 Å². The molecular formula is C13H18FO2Si. The zero-order valence-corrected chi connectivity index (χ0v) is 11.9. The van der Waals surface area contributed by atoms with Crippen molar-refractivity contribution in [3.05, 3.63) is 29.1 Å². The van der Waals surface area contributed by atoms with E-state index >= 15 is 0 Å². The first kappa shape index (κ1) is 13.9. The van der Waals surface area contributed by atoms with E-state index in [1.807, 2.05) is 33.9 Å². The molecule has 2 nitrogen and oxygen atoms in total. The summed E-state index contributed by atoms with van der Waals surface area (Å²) < 4.78 is 19.6. The summed E-state index contributed by atoms with van der Waals surface area (Å²) in [5.41, 5.74) is 0.506. The van der Waals surface area contributed by atoms with Crippen molar-refractivity contribution in [1.82, 2.24) is 0 Å². The van der Waals surface area contributed by atoms with Gasteiger partial charge in [0.05, 0.1) is 5.56 Å². The lowest BCUT2D eigenvalue weighted by Gasteiger charge is -2.25. The maximum atomic E-state index is 13.9. The van der Waals surface area contributed by atoms with E-state index in [9.17, 15) is 9.18 Å². The molecule has 93 valence electrons. The first-order valence-corrected chi connectivity index (χ1v) is 7.94. The second-order valence-electron chi connectivity index (χ2n) is 5.22. The van der Waals surface area contributed by atoms with Crippen molar-refractivity contribution in [3.63, 3.8) is 0 Å². The molecule has 0 spiro atoms. The maximum Gasteiger partial charge on any atom is 0.274 e. The first-order chi connectivity index (χ1) is 7.77. The van der Waals surface area contributed by atoms with Gasteiger partial charge in [0, 0.05) is 5.56 Å². The van der Waals surface area contributed by atoms with Gasteiger partial charge in [0.25, 0.3) is 9.04 Å². The molecule has 17 heavy (non-hydrogen) atoms. The van der Waals surface area contributed by atoms with Crippen molar-refractivity contribution in [2.45, 2.75) is 39.3 Å². The fraction of sp³-hybridized carbons (Fsp3) is 0.462. The molecule has 0 bridgehead atoms. The molecule has 4 heteroatoms. The molecule has 0 unspecified atom stereocenters. The highest BCUT2D eigenvalue weighted by Gasteiger charge is 2.26. The van der Waals surface area contributed by atoms with Crippen LogP contribution in [0.2, 0.25) is 13.1 Å². The monoisotopic (exact) mass is 253 g/mol. The zero-order valence-electron chi connectivity index (χ0n) is 10.9. The number of hydrogen-bond acceptors (Lipinski definition) is 2. The highest BCUT2D eigenvalue weighted by molar-refractivity contribution is 6.49. The third-order valence-corrected chi connectivity index (χ3v) is 2.93. The van der Waals surface area contributed by atoms with E-state index in [0.29, 0.717) is 16.9 Å². The van der Waals surface area contributed by atoms with E-state index < -0.39 is 14.5 Å². The van der Waals surface area contributed by atoms with Gasteiger partial charge < -0.3 is 4.43 Å². The molecule has 0 amide bonds. The summed E-state index contributed by atoms with van der Waals surface area (Å²) in [6, 6.07) is 2.80. The predicted molar refractivity (Wildman–Crippen MR) is 68.6 cm³/mol. The lowest BCUT2D eigenvalue weighted by atomic mass is 9.85. The molecule has 0 aliphatic carbocycles. The number of hydrogen-bond donors (Lipinski definition) is 0. The Hall–Kier alpha value is -1.16. The Balaban J connectivity index is 3.48. The Labute approximate surface area is 104 Å². The van der Waals surface area contributed by atoms with Crippen LogP contribution in [-0.2, 0) is 5.41 Å². The average Bonchev–Trinajstić information content (AvgIpc) is 2.15. The summed E-state index contributed by atoms with van der Waals surface area (Å²) in [7, 11) is -1.04. The standard InChI is InChI=1S/C13H18FO2Si/c1-13(2,3)11-10(14)7-6-9(8-15)12(11)16-17(4)5/h6-8H,1-5H3. The molecule has 0 heterocycles. The molecule has 0 aliphatic heterocycles. The summed E-state index contributed by atoms with van der Waals surface area (Å²) in [4.78, 5) is 11.0. The van der Waals surface area contributed by atoms with Crippen LogP contribution in [0.15, 0.2) is 12.1 Å². The Bertz CT molecular complexity index is 422. The van der Waals surface area contributed by atoms with Gasteiger partial charge in [0.2, 0.25) is 0 Å². The summed E-state index contributed by atoms with van der Waals surface area (Å²) in [5.74, 6) is 0.0905. The Morgan fingerprint density at radius 1 is 1.29 bits per heavy atom. The minimum atomic E-state index is -1.04. The summed E-state index contributed by atoms with van der Waals surface area (Å²) in [6.07, 6.45) is 0.717. The molecule has 0 aliphatic rings. The van der Waals surface area contributed by atoms with E-state index in [1.165, 1.54) is 12.1 Å². The summed E-state index contributed by atoms with van der Waals surface area (Å²) in [5, 5.41) is 0. The average molecular weight is 253 g/mol. The normalized spacial score (nSPS) is 11.7. The molecule has 0 saturated carbocycles. The molecule has 1 radical (unpaired) electrons. The fourth-order valence-corrected chi connectivity index (χ4v) is 2.31. The molecule has 0 fully saturated rings. The van der Waals surface area contributed by atoms with Gasteiger partial charge in [-0.3, -0.25) is 4.79 Å². The van der Waals surface area contributed by atoms with Gasteiger partial charge in [0.1, 0.15) is 11.6 Å². The van der Waals surface area contributed by atoms with Crippen molar-refractivity contribution < 1.29 is 13.6 Å². The minimum absolute atomic E-state index is 0.318. The van der Waals surface area contributed by atoms with Crippen LogP contribution in [0.1, 0.15) is 36.7 Å². The van der Waals surface area contributed by atoms with Gasteiger partial charge in [-0.25, -0.2) is 4.39 Å². The number of rotatable bonds is 3. The van der Waals surface area contributed by atoms with Crippen LogP contribution >= 0.6 is 0 Å². The van der Waals surface area contributed by atoms with Crippen molar-refractivity contribution in [3.8, 4) is 5.75 Å². The van der Waals surface area contributed by atoms with E-state index in [2.05, 4.69) is 0 Å². The van der Waals surface area contributed by atoms with E-state index in [1.54, 1.807) is 0 Å². The Kier molecular flexibility index (Phi) is 4.09. The van der Waals surface area contributed by atoms with Gasteiger partial charge in [-0.2, -0.15) is 0 Å². The zero-order chi connectivity index (χ0) is 13.2. The summed E-state index contributed by atoms with van der Waals surface area (Å²) >= 11 is 0. The molecule has 0 saturated heterocycles. The molecule has 1 rings (SSSR count). The van der Waals surface area contributed by atoms with Gasteiger partial charge in [-0.15, -0.1) is 0 Å². The number of aldehydes is 1. The molecule has 0 N–H and O–H groups in total. The van der Waals surface area contributed by atoms with Gasteiger partial charge in [-0.1, -0.05) is 20.8 Å². The molecule has 1 aromatic carbocycles. The predicted octanol–water partition coefficient (Wildman–Crippen LogP) is 3.57. The van der Waals surface area contributed by atoms with E-state index in [4.69, 9.17) is 4.43 Å². The van der Waals surface area contributed by atoms with E-state index in [-0.39, 0.29) is 5.82 Å². The number of carbonyl (C=O) groups is 1. The second-order valence-corrected chi connectivity index (χ2v) is 7.24. The van der Waals surface area contributed by atoms with Crippen LogP contribution in [0.4, 0.5) is 4.39 Å². The lowest BCUT2D eigenvalue weighted by Crippen LogP contribution is -2.21. The van der Waals surface area contributed by atoms with Crippen LogP contribution < -0.4 is 4.43 Å². The third-order valence-electron chi connectivity index (χ3n) is 2.32. The van der Waals surface area contributed by atoms with Crippen molar-refractivity contribution >= 4 is 15.3 Å². The largest absolute Gasteiger partial charge is 0.542 e. The highest BCUT2D eigenvalue weighted by Crippen LogP contribution is 2.36. The maximum absolute atomic E-state index is 13.9. The third kappa shape index (κ3) is 3.16. The lowest BCUT2D eigenvalue weighted by molar-refractivity contribution is 0.112. The van der Waals surface area contributed by atoms with Crippen LogP contribution in [0.5, 0.6) is 5.75 Å². The number of halogens is 1. The second kappa shape index (κ2) is 5.00. The van der Waals surface area contributed by atoms with E-state index in [0.717, 1.165) is 6.29 Å². The van der Waals surface area contributed by atoms with Crippen LogP contribution in [0.25, 0.3) is 0 Å². The van der Waals surface area contributed by atoms with Gasteiger partial charge in [0.15, 0.2) is 6.29 Å². The SMILES string of the molecule is C[Si](C)Oc1c(C=O)ccc(F)c1C(C)(C)C. The van der Waals surface area contributed by atoms with Crippen LogP contribution in [0, 0.1) is 5.82 Å². The van der Waals surface area contributed by atoms with Crippen LogP contribution in [-0.4, -0.2) is 15.3 Å². The smallest absolute Gasteiger partial charge is 0.274 e. The van der Waals surface area contributed by atoms with Gasteiger partial charge in [-0.05, 0) is 30.6 Å². The molecular weight excluding hydrogens is 235 g/mol. The summed E-state index contributed by atoms with van der Waals surface area (Å²) in [6.45, 7) is 9.63. The topological polar surface area (TPSA) is 26.3 Å². The number of carbonyl (C=O) groups excluding carboxylic acids is 1. The Morgan fingerprint density at radius 3 is 2.29 bits per heavy atom. The fourth-order valence-electron chi connectivity index (χ4n) is 1.68. The quantitative estimate of drug-likeness (QED) is 0.608. The molecule has 1 aromatic rings. The first-order valence-electron chi connectivity index (χ1n) is 5.53. The van der Waals surface area contributed by atoms with Crippen molar-refractivity contribution in [1.29, 1.82) is 0 Å². The molecule has 0 atom stereocenters. The molecule has 0 aromatic heterocycles. The number of benzene rings is 1. The highest BCUT2D eigenvalue weighted by atomic mass is 28.3. The van der Waals surface area contributed by atoms with Crippen molar-refractivity contribution in [2.24, 2.45) is 0 Å². The van der Waals surface area contributed by atoms with Gasteiger partial charge >= 0.3 is 0 Å².